The van der Waals surface area contributed by atoms with E-state index in [4.69, 9.17) is 0 Å². The third-order valence-corrected chi connectivity index (χ3v) is 3.58. The highest BCUT2D eigenvalue weighted by atomic mass is 32.2. The summed E-state index contributed by atoms with van der Waals surface area (Å²) >= 11 is 1.69. The van der Waals surface area contributed by atoms with Gasteiger partial charge < -0.3 is 0 Å². The molecule has 0 fully saturated rings. The Hall–Kier alpha value is -1.49. The first-order valence-corrected chi connectivity index (χ1v) is 5.64. The van der Waals surface area contributed by atoms with Gasteiger partial charge in [0.1, 0.15) is 0 Å². The van der Waals surface area contributed by atoms with Crippen LogP contribution in [0.3, 0.4) is 0 Å². The van der Waals surface area contributed by atoms with Crippen molar-refractivity contribution in [2.24, 2.45) is 0 Å². The van der Waals surface area contributed by atoms with Crippen LogP contribution in [0.25, 0.3) is 10.9 Å². The Labute approximate surface area is 88.9 Å². The molecular weight excluding hydrogens is 212 g/mol. The summed E-state index contributed by atoms with van der Waals surface area (Å²) in [6, 6.07) is 5.54. The Morgan fingerprint density at radius 1 is 1.33 bits per heavy atom. The highest BCUT2D eigenvalue weighted by Crippen LogP contribution is 2.28. The zero-order valence-electron chi connectivity index (χ0n) is 7.82. The van der Waals surface area contributed by atoms with E-state index in [1.165, 1.54) is 0 Å². The van der Waals surface area contributed by atoms with Crippen molar-refractivity contribution in [1.29, 1.82) is 0 Å². The lowest BCUT2D eigenvalue weighted by atomic mass is 10.2. The third kappa shape index (κ3) is 1.16. The Morgan fingerprint density at radius 3 is 3.07 bits per heavy atom. The molecule has 15 heavy (non-hydrogen) atoms. The first kappa shape index (κ1) is 8.79. The van der Waals surface area contributed by atoms with E-state index in [0.29, 0.717) is 11.9 Å². The largest absolute Gasteiger partial charge is 0.328 e. The van der Waals surface area contributed by atoms with Crippen LogP contribution in [0.1, 0.15) is 0 Å². The summed E-state index contributed by atoms with van der Waals surface area (Å²) in [5.41, 5.74) is 0.179. The topological polar surface area (TPSA) is 54.9 Å². The molecule has 1 aliphatic heterocycles. The molecule has 0 bridgehead atoms. The summed E-state index contributed by atoms with van der Waals surface area (Å²) in [4.78, 5) is 26.5. The Morgan fingerprint density at radius 2 is 2.20 bits per heavy atom. The number of benzene rings is 1. The first-order chi connectivity index (χ1) is 7.27. The van der Waals surface area contributed by atoms with E-state index in [1.54, 1.807) is 22.4 Å². The molecule has 0 spiro atoms. The number of nitrogens with zero attached hydrogens (tertiary/aromatic N) is 1. The van der Waals surface area contributed by atoms with E-state index in [1.807, 2.05) is 12.1 Å². The van der Waals surface area contributed by atoms with E-state index >= 15 is 0 Å². The van der Waals surface area contributed by atoms with Crippen molar-refractivity contribution in [2.45, 2.75) is 11.4 Å². The molecule has 1 aliphatic rings. The Bertz CT molecular complexity index is 657. The van der Waals surface area contributed by atoms with Gasteiger partial charge in [0, 0.05) is 17.2 Å². The van der Waals surface area contributed by atoms with Crippen LogP contribution in [0.15, 0.2) is 32.7 Å². The minimum Gasteiger partial charge on any atom is -0.291 e. The number of H-pyrrole nitrogens is 1. The molecule has 0 saturated heterocycles. The van der Waals surface area contributed by atoms with Gasteiger partial charge in [-0.15, -0.1) is 11.8 Å². The quantitative estimate of drug-likeness (QED) is 0.714. The average Bonchev–Trinajstić information content (AvgIpc) is 2.25. The number of aromatic nitrogens is 2. The van der Waals surface area contributed by atoms with E-state index in [0.717, 1.165) is 16.2 Å². The van der Waals surface area contributed by atoms with Crippen LogP contribution in [0, 0.1) is 0 Å². The van der Waals surface area contributed by atoms with Crippen molar-refractivity contribution in [1.82, 2.24) is 9.55 Å². The van der Waals surface area contributed by atoms with Gasteiger partial charge in [-0.25, -0.2) is 4.79 Å². The number of nitrogens with one attached hydrogen (secondary N) is 1. The molecule has 2 heterocycles. The second-order valence-corrected chi connectivity index (χ2v) is 4.55. The molecule has 0 amide bonds. The molecule has 2 aromatic rings. The zero-order chi connectivity index (χ0) is 10.4. The van der Waals surface area contributed by atoms with Gasteiger partial charge in [-0.1, -0.05) is 6.07 Å². The van der Waals surface area contributed by atoms with Crippen LogP contribution >= 0.6 is 11.8 Å². The molecule has 76 valence electrons. The zero-order valence-corrected chi connectivity index (χ0v) is 8.63. The summed E-state index contributed by atoms with van der Waals surface area (Å²) in [6.45, 7) is 0.661. The SMILES string of the molecule is O=c1[nH]c(=O)n2c3c(cccc13)SCC2. The minimum atomic E-state index is -0.305. The molecule has 0 saturated carbocycles. The van der Waals surface area contributed by atoms with E-state index in [9.17, 15) is 9.59 Å². The van der Waals surface area contributed by atoms with Gasteiger partial charge in [0.15, 0.2) is 0 Å². The lowest BCUT2D eigenvalue weighted by Crippen LogP contribution is -2.32. The number of rotatable bonds is 0. The lowest BCUT2D eigenvalue weighted by Gasteiger charge is -2.17. The smallest absolute Gasteiger partial charge is 0.291 e. The van der Waals surface area contributed by atoms with Crippen LogP contribution in [-0.2, 0) is 6.54 Å². The molecule has 0 atom stereocenters. The van der Waals surface area contributed by atoms with Gasteiger partial charge in [0.25, 0.3) is 5.56 Å². The fourth-order valence-corrected chi connectivity index (χ4v) is 2.92. The summed E-state index contributed by atoms with van der Waals surface area (Å²) in [5.74, 6) is 0.873. The Balaban J connectivity index is 2.65. The van der Waals surface area contributed by atoms with Gasteiger partial charge in [0.05, 0.1) is 10.9 Å². The first-order valence-electron chi connectivity index (χ1n) is 4.66. The average molecular weight is 220 g/mol. The summed E-state index contributed by atoms with van der Waals surface area (Å²) in [5, 5.41) is 0.597. The van der Waals surface area contributed by atoms with Crippen LogP contribution in [0.2, 0.25) is 0 Å². The van der Waals surface area contributed by atoms with E-state index < -0.39 is 0 Å². The molecule has 4 nitrogen and oxygen atoms in total. The number of para-hydroxylation sites is 1. The van der Waals surface area contributed by atoms with E-state index in [-0.39, 0.29) is 11.2 Å². The predicted octanol–water partition coefficient (Wildman–Crippen LogP) is 0.795. The molecule has 1 N–H and O–H groups in total. The van der Waals surface area contributed by atoms with Crippen LogP contribution in [-0.4, -0.2) is 15.3 Å². The summed E-state index contributed by atoms with van der Waals surface area (Å²) in [7, 11) is 0. The lowest BCUT2D eigenvalue weighted by molar-refractivity contribution is 0.721. The van der Waals surface area contributed by atoms with Gasteiger partial charge >= 0.3 is 5.69 Å². The normalized spacial score (nSPS) is 14.4. The second-order valence-electron chi connectivity index (χ2n) is 3.41. The third-order valence-electron chi connectivity index (χ3n) is 2.55. The molecular formula is C10H8N2O2S. The van der Waals surface area contributed by atoms with Crippen molar-refractivity contribution in [2.75, 3.05) is 5.75 Å². The maximum atomic E-state index is 11.6. The second kappa shape index (κ2) is 3.00. The molecule has 0 radical (unpaired) electrons. The number of hydrogen-bond acceptors (Lipinski definition) is 3. The van der Waals surface area contributed by atoms with Gasteiger partial charge in [0.2, 0.25) is 0 Å². The fraction of sp³-hybridized carbons (Fsp3) is 0.200. The maximum Gasteiger partial charge on any atom is 0.328 e. The van der Waals surface area contributed by atoms with Crippen LogP contribution < -0.4 is 11.2 Å². The monoisotopic (exact) mass is 220 g/mol. The van der Waals surface area contributed by atoms with E-state index in [2.05, 4.69) is 4.98 Å². The standard InChI is InChI=1S/C10H8N2O2S/c13-9-6-2-1-3-7-8(6)12(4-5-15-7)10(14)11-9/h1-3H,4-5H2,(H,11,13,14). The van der Waals surface area contributed by atoms with Crippen molar-refractivity contribution in [3.8, 4) is 0 Å². The Kier molecular flexibility index (Phi) is 1.76. The number of thioether (sulfide) groups is 1. The van der Waals surface area contributed by atoms with Gasteiger partial charge in [-0.05, 0) is 12.1 Å². The van der Waals surface area contributed by atoms with Crippen molar-refractivity contribution in [3.05, 3.63) is 39.0 Å². The summed E-state index contributed by atoms with van der Waals surface area (Å²) < 4.78 is 1.64. The predicted molar refractivity (Wildman–Crippen MR) is 59.6 cm³/mol. The highest BCUT2D eigenvalue weighted by molar-refractivity contribution is 7.99. The number of aromatic amines is 1. The van der Waals surface area contributed by atoms with Crippen molar-refractivity contribution >= 4 is 22.7 Å². The van der Waals surface area contributed by atoms with Crippen LogP contribution in [0.5, 0.6) is 0 Å². The summed E-state index contributed by atoms with van der Waals surface area (Å²) in [6.07, 6.45) is 0. The van der Waals surface area contributed by atoms with Crippen molar-refractivity contribution < 1.29 is 0 Å². The molecule has 0 unspecified atom stereocenters. The fourth-order valence-electron chi connectivity index (χ4n) is 1.89. The minimum absolute atomic E-state index is 0.296. The molecule has 1 aromatic carbocycles. The molecule has 0 aliphatic carbocycles. The highest BCUT2D eigenvalue weighted by Gasteiger charge is 2.15. The molecule has 3 rings (SSSR count). The van der Waals surface area contributed by atoms with Crippen LogP contribution in [0.4, 0.5) is 0 Å². The number of hydrogen-bond donors (Lipinski definition) is 1. The number of aryl methyl sites for hydroxylation is 1. The van der Waals surface area contributed by atoms with Gasteiger partial charge in [-0.3, -0.25) is 14.3 Å². The maximum absolute atomic E-state index is 11.6. The molecule has 5 heteroatoms. The van der Waals surface area contributed by atoms with Gasteiger partial charge in [-0.2, -0.15) is 0 Å². The van der Waals surface area contributed by atoms with Crippen molar-refractivity contribution in [3.63, 3.8) is 0 Å². The molecule has 1 aromatic heterocycles.